The second kappa shape index (κ2) is 4.89. The van der Waals surface area contributed by atoms with E-state index in [2.05, 4.69) is 15.6 Å². The normalized spacial score (nSPS) is 14.8. The third-order valence-electron chi connectivity index (χ3n) is 2.41. The van der Waals surface area contributed by atoms with Crippen molar-refractivity contribution in [1.29, 1.82) is 0 Å². The van der Waals surface area contributed by atoms with Gasteiger partial charge in [0.05, 0.1) is 0 Å². The van der Waals surface area contributed by atoms with Gasteiger partial charge in [-0.1, -0.05) is 0 Å². The Bertz CT molecular complexity index is 379. The highest BCUT2D eigenvalue weighted by Crippen LogP contribution is 2.20. The summed E-state index contributed by atoms with van der Waals surface area (Å²) in [7, 11) is 0. The molecule has 16 heavy (non-hydrogen) atoms. The third-order valence-corrected chi connectivity index (χ3v) is 2.41. The summed E-state index contributed by atoms with van der Waals surface area (Å²) < 4.78 is 0. The molecule has 0 radical (unpaired) electrons. The summed E-state index contributed by atoms with van der Waals surface area (Å²) in [5.41, 5.74) is 0.477. The third kappa shape index (κ3) is 2.90. The summed E-state index contributed by atoms with van der Waals surface area (Å²) in [5.74, 6) is -0.117. The number of anilines is 1. The van der Waals surface area contributed by atoms with E-state index in [4.69, 9.17) is 0 Å². The molecule has 0 bridgehead atoms. The Labute approximate surface area is 93.2 Å². The fourth-order valence-corrected chi connectivity index (χ4v) is 1.44. The lowest BCUT2D eigenvalue weighted by Crippen LogP contribution is -2.24. The molecule has 1 aliphatic carbocycles. The summed E-state index contributed by atoms with van der Waals surface area (Å²) >= 11 is 0. The number of pyridine rings is 1. The number of nitrogens with zero attached hydrogens (tertiary/aromatic N) is 2. The van der Waals surface area contributed by atoms with Crippen molar-refractivity contribution in [3.05, 3.63) is 28.4 Å². The van der Waals surface area contributed by atoms with Crippen molar-refractivity contribution >= 4 is 11.5 Å². The van der Waals surface area contributed by atoms with E-state index in [1.165, 1.54) is 19.0 Å². The Morgan fingerprint density at radius 2 is 2.31 bits per heavy atom. The number of aromatic nitrogens is 1. The van der Waals surface area contributed by atoms with Gasteiger partial charge in [0, 0.05) is 19.1 Å². The molecule has 1 heterocycles. The monoisotopic (exact) mass is 222 g/mol. The lowest BCUT2D eigenvalue weighted by Gasteiger charge is -2.06. The van der Waals surface area contributed by atoms with Crippen LogP contribution in [0.5, 0.6) is 0 Å². The SMILES string of the molecule is O=[N+]([O-])c1ncccc1NCCNC1CC1. The number of nitro groups is 1. The average molecular weight is 222 g/mol. The first-order valence-corrected chi connectivity index (χ1v) is 5.34. The van der Waals surface area contributed by atoms with Crippen LogP contribution in [0, 0.1) is 10.1 Å². The van der Waals surface area contributed by atoms with Crippen LogP contribution in [-0.2, 0) is 0 Å². The van der Waals surface area contributed by atoms with Gasteiger partial charge < -0.3 is 20.7 Å². The Morgan fingerprint density at radius 3 is 3.00 bits per heavy atom. The number of hydrogen-bond donors (Lipinski definition) is 2. The van der Waals surface area contributed by atoms with Crippen molar-refractivity contribution in [2.45, 2.75) is 18.9 Å². The molecule has 0 aromatic carbocycles. The molecule has 1 aromatic heterocycles. The van der Waals surface area contributed by atoms with E-state index in [1.54, 1.807) is 12.1 Å². The van der Waals surface area contributed by atoms with Crippen molar-refractivity contribution in [2.75, 3.05) is 18.4 Å². The van der Waals surface area contributed by atoms with Crippen LogP contribution in [0.3, 0.4) is 0 Å². The molecule has 2 N–H and O–H groups in total. The first kappa shape index (κ1) is 10.8. The van der Waals surface area contributed by atoms with E-state index in [-0.39, 0.29) is 5.82 Å². The molecule has 6 nitrogen and oxygen atoms in total. The maximum Gasteiger partial charge on any atom is 0.386 e. The maximum absolute atomic E-state index is 10.7. The number of rotatable bonds is 6. The van der Waals surface area contributed by atoms with E-state index in [0.29, 0.717) is 18.3 Å². The molecule has 0 spiro atoms. The van der Waals surface area contributed by atoms with Crippen LogP contribution in [-0.4, -0.2) is 29.0 Å². The van der Waals surface area contributed by atoms with E-state index in [1.807, 2.05) is 0 Å². The molecule has 2 rings (SSSR count). The molecule has 0 atom stereocenters. The molecule has 1 aliphatic rings. The first-order chi connectivity index (χ1) is 7.77. The molecule has 1 saturated carbocycles. The average Bonchev–Trinajstić information content (AvgIpc) is 3.08. The standard InChI is InChI=1S/C10H14N4O2/c15-14(16)10-9(2-1-5-13-10)12-7-6-11-8-3-4-8/h1-2,5,8,11-12H,3-4,6-7H2. The van der Waals surface area contributed by atoms with Crippen molar-refractivity contribution in [3.8, 4) is 0 Å². The summed E-state index contributed by atoms with van der Waals surface area (Å²) in [6, 6.07) is 4.01. The fraction of sp³-hybridized carbons (Fsp3) is 0.500. The molecule has 0 unspecified atom stereocenters. The lowest BCUT2D eigenvalue weighted by atomic mass is 10.4. The Hall–Kier alpha value is -1.69. The van der Waals surface area contributed by atoms with Gasteiger partial charge in [0.15, 0.2) is 0 Å². The maximum atomic E-state index is 10.7. The van der Waals surface area contributed by atoms with Crippen LogP contribution < -0.4 is 10.6 Å². The number of nitrogens with one attached hydrogen (secondary N) is 2. The second-order valence-corrected chi connectivity index (χ2v) is 3.79. The van der Waals surface area contributed by atoms with E-state index in [0.717, 1.165) is 6.54 Å². The molecule has 6 heteroatoms. The summed E-state index contributed by atoms with van der Waals surface area (Å²) in [4.78, 5) is 13.9. The zero-order valence-corrected chi connectivity index (χ0v) is 8.85. The fourth-order valence-electron chi connectivity index (χ4n) is 1.44. The molecule has 86 valence electrons. The Kier molecular flexibility index (Phi) is 3.31. The predicted molar refractivity (Wildman–Crippen MR) is 60.4 cm³/mol. The second-order valence-electron chi connectivity index (χ2n) is 3.79. The van der Waals surface area contributed by atoms with Gasteiger partial charge in [-0.25, -0.2) is 0 Å². The summed E-state index contributed by atoms with van der Waals surface area (Å²) in [6.45, 7) is 1.49. The van der Waals surface area contributed by atoms with E-state index >= 15 is 0 Å². The van der Waals surface area contributed by atoms with Crippen molar-refractivity contribution in [1.82, 2.24) is 10.3 Å². The van der Waals surface area contributed by atoms with Gasteiger partial charge in [0.2, 0.25) is 0 Å². The van der Waals surface area contributed by atoms with E-state index in [9.17, 15) is 10.1 Å². The molecule has 0 saturated heterocycles. The highest BCUT2D eigenvalue weighted by molar-refractivity contribution is 5.56. The van der Waals surface area contributed by atoms with Gasteiger partial charge in [0.25, 0.3) is 0 Å². The van der Waals surface area contributed by atoms with Gasteiger partial charge in [-0.2, -0.15) is 0 Å². The summed E-state index contributed by atoms with van der Waals surface area (Å²) in [6.07, 6.45) is 3.91. The van der Waals surface area contributed by atoms with Crippen LogP contribution in [0.25, 0.3) is 0 Å². The molecule has 1 fully saturated rings. The van der Waals surface area contributed by atoms with Crippen LogP contribution in [0.4, 0.5) is 11.5 Å². The predicted octanol–water partition coefficient (Wildman–Crippen LogP) is 1.15. The minimum atomic E-state index is -0.476. The first-order valence-electron chi connectivity index (χ1n) is 5.34. The molecular formula is C10H14N4O2. The molecular weight excluding hydrogens is 208 g/mol. The highest BCUT2D eigenvalue weighted by atomic mass is 16.6. The number of hydrogen-bond acceptors (Lipinski definition) is 5. The highest BCUT2D eigenvalue weighted by Gasteiger charge is 2.19. The van der Waals surface area contributed by atoms with Crippen LogP contribution in [0.2, 0.25) is 0 Å². The lowest BCUT2D eigenvalue weighted by molar-refractivity contribution is -0.388. The zero-order chi connectivity index (χ0) is 11.4. The molecule has 0 amide bonds. The Balaban J connectivity index is 1.84. The van der Waals surface area contributed by atoms with E-state index < -0.39 is 4.92 Å². The van der Waals surface area contributed by atoms with Crippen molar-refractivity contribution in [3.63, 3.8) is 0 Å². The topological polar surface area (TPSA) is 80.1 Å². The van der Waals surface area contributed by atoms with Crippen molar-refractivity contribution in [2.24, 2.45) is 0 Å². The van der Waals surface area contributed by atoms with Gasteiger partial charge in [-0.05, 0) is 34.9 Å². The van der Waals surface area contributed by atoms with Gasteiger partial charge in [-0.3, -0.25) is 0 Å². The molecule has 1 aromatic rings. The minimum absolute atomic E-state index is 0.117. The summed E-state index contributed by atoms with van der Waals surface area (Å²) in [5, 5.41) is 17.0. The Morgan fingerprint density at radius 1 is 1.50 bits per heavy atom. The van der Waals surface area contributed by atoms with Crippen molar-refractivity contribution < 1.29 is 4.92 Å². The minimum Gasteiger partial charge on any atom is -0.377 e. The molecule has 0 aliphatic heterocycles. The largest absolute Gasteiger partial charge is 0.386 e. The van der Waals surface area contributed by atoms with Gasteiger partial charge in [-0.15, -0.1) is 0 Å². The quantitative estimate of drug-likeness (QED) is 0.429. The van der Waals surface area contributed by atoms with Gasteiger partial charge >= 0.3 is 5.82 Å². The smallest absolute Gasteiger partial charge is 0.377 e. The van der Waals surface area contributed by atoms with Crippen LogP contribution in [0.15, 0.2) is 18.3 Å². The zero-order valence-electron chi connectivity index (χ0n) is 8.85. The van der Waals surface area contributed by atoms with Gasteiger partial charge in [0.1, 0.15) is 11.9 Å². The van der Waals surface area contributed by atoms with Crippen LogP contribution in [0.1, 0.15) is 12.8 Å². The van der Waals surface area contributed by atoms with Crippen LogP contribution >= 0.6 is 0 Å².